The molecule has 0 bridgehead atoms. The molecule has 0 saturated heterocycles. The molecule has 0 aliphatic rings. The Morgan fingerprint density at radius 2 is 0.743 bits per heavy atom. The van der Waals surface area contributed by atoms with E-state index in [0.29, 0.717) is 0 Å². The lowest BCUT2D eigenvalue weighted by Crippen LogP contribution is -2.24. The van der Waals surface area contributed by atoms with E-state index in [-0.39, 0.29) is 0 Å². The van der Waals surface area contributed by atoms with Crippen molar-refractivity contribution in [2.45, 2.75) is 142 Å². The Kier molecular flexibility index (Phi) is 32.7. The highest BCUT2D eigenvalue weighted by molar-refractivity contribution is 4.81. The number of unbranched alkanes of at least 4 members (excludes halogenated alkanes) is 16. The fourth-order valence-electron chi connectivity index (χ4n) is 4.08. The van der Waals surface area contributed by atoms with Gasteiger partial charge in [-0.25, -0.2) is 0 Å². The Labute approximate surface area is 220 Å². The van der Waals surface area contributed by atoms with Crippen molar-refractivity contribution in [2.24, 2.45) is 0 Å². The van der Waals surface area contributed by atoms with Gasteiger partial charge in [-0.05, 0) is 51.4 Å². The molecule has 0 aromatic heterocycles. The largest absolute Gasteiger partial charge is 0.380 e. The average Bonchev–Trinajstić information content (AvgIpc) is 2.87. The first-order valence-corrected chi connectivity index (χ1v) is 15.6. The van der Waals surface area contributed by atoms with Crippen LogP contribution in [0.15, 0.2) is 24.3 Å². The Bertz CT molecular complexity index is 384. The molecular weight excluding hydrogens is 430 g/mol. The van der Waals surface area contributed by atoms with Crippen molar-refractivity contribution in [1.29, 1.82) is 0 Å². The van der Waals surface area contributed by atoms with Crippen molar-refractivity contribution in [3.8, 4) is 0 Å². The highest BCUT2D eigenvalue weighted by Gasteiger charge is 1.95. The van der Waals surface area contributed by atoms with Crippen molar-refractivity contribution in [3.05, 3.63) is 24.3 Å². The van der Waals surface area contributed by atoms with Gasteiger partial charge in [0.25, 0.3) is 0 Å². The molecule has 0 amide bonds. The quantitative estimate of drug-likeness (QED) is 0.0798. The maximum absolute atomic E-state index is 5.74. The maximum atomic E-state index is 5.74. The van der Waals surface area contributed by atoms with Crippen LogP contribution in [-0.2, 0) is 9.47 Å². The second kappa shape index (κ2) is 33.4. The molecule has 0 rings (SSSR count). The molecule has 1 N–H and O–H groups in total. The predicted molar refractivity (Wildman–Crippen MR) is 156 cm³/mol. The van der Waals surface area contributed by atoms with Gasteiger partial charge in [-0.15, -0.1) is 0 Å². The third-order valence-electron chi connectivity index (χ3n) is 6.45. The predicted octanol–water partition coefficient (Wildman–Crippen LogP) is 9.56. The van der Waals surface area contributed by atoms with Crippen LogP contribution in [0.25, 0.3) is 0 Å². The molecule has 0 unspecified atom stereocenters. The molecular formula is C32H63NO2. The summed E-state index contributed by atoms with van der Waals surface area (Å²) in [5, 5.41) is 3.42. The Morgan fingerprint density at radius 3 is 1.14 bits per heavy atom. The van der Waals surface area contributed by atoms with Gasteiger partial charge < -0.3 is 14.8 Å². The molecule has 0 aliphatic heterocycles. The van der Waals surface area contributed by atoms with E-state index in [9.17, 15) is 0 Å². The van der Waals surface area contributed by atoms with E-state index in [4.69, 9.17) is 9.47 Å². The Morgan fingerprint density at radius 1 is 0.400 bits per heavy atom. The molecule has 35 heavy (non-hydrogen) atoms. The molecule has 0 saturated carbocycles. The first-order chi connectivity index (χ1) is 17.4. The lowest BCUT2D eigenvalue weighted by Gasteiger charge is -2.07. The van der Waals surface area contributed by atoms with E-state index in [0.717, 1.165) is 39.5 Å². The number of hydrogen-bond donors (Lipinski definition) is 1. The van der Waals surface area contributed by atoms with Crippen LogP contribution in [0.3, 0.4) is 0 Å². The first kappa shape index (κ1) is 34.4. The lowest BCUT2D eigenvalue weighted by molar-refractivity contribution is 0.117. The first-order valence-electron chi connectivity index (χ1n) is 15.6. The summed E-state index contributed by atoms with van der Waals surface area (Å²) < 4.78 is 11.5. The zero-order valence-corrected chi connectivity index (χ0v) is 24.0. The van der Waals surface area contributed by atoms with E-state index >= 15 is 0 Å². The number of allylic oxidation sites excluding steroid dienone is 4. The Balaban J connectivity index is 3.05. The van der Waals surface area contributed by atoms with Crippen LogP contribution >= 0.6 is 0 Å². The summed E-state index contributed by atoms with van der Waals surface area (Å²) in [6.07, 6.45) is 35.8. The zero-order chi connectivity index (χ0) is 25.3. The van der Waals surface area contributed by atoms with E-state index in [1.54, 1.807) is 0 Å². The molecule has 208 valence electrons. The molecule has 0 heterocycles. The van der Waals surface area contributed by atoms with Crippen LogP contribution in [0, 0.1) is 0 Å². The summed E-state index contributed by atoms with van der Waals surface area (Å²) in [7, 11) is 0. The van der Waals surface area contributed by atoms with Gasteiger partial charge >= 0.3 is 0 Å². The molecule has 3 heteroatoms. The van der Waals surface area contributed by atoms with E-state index in [1.165, 1.54) is 128 Å². The average molecular weight is 494 g/mol. The number of ether oxygens (including phenoxy) is 2. The smallest absolute Gasteiger partial charge is 0.0590 e. The van der Waals surface area contributed by atoms with Crippen molar-refractivity contribution in [2.75, 3.05) is 39.5 Å². The Hall–Kier alpha value is -0.640. The molecule has 0 atom stereocenters. The normalized spacial score (nSPS) is 11.9. The highest BCUT2D eigenvalue weighted by Crippen LogP contribution is 2.09. The highest BCUT2D eigenvalue weighted by atomic mass is 16.5. The molecule has 0 aromatic rings. The molecule has 0 radical (unpaired) electrons. The minimum atomic E-state index is 0.818. The summed E-state index contributed by atoms with van der Waals surface area (Å²) in [6, 6.07) is 0. The molecule has 3 nitrogen and oxygen atoms in total. The van der Waals surface area contributed by atoms with Gasteiger partial charge in [0.15, 0.2) is 0 Å². The van der Waals surface area contributed by atoms with Crippen molar-refractivity contribution in [3.63, 3.8) is 0 Å². The third-order valence-corrected chi connectivity index (χ3v) is 6.45. The second-order valence-corrected chi connectivity index (χ2v) is 10.0. The lowest BCUT2D eigenvalue weighted by atomic mass is 10.1. The van der Waals surface area contributed by atoms with Crippen LogP contribution in [0.2, 0.25) is 0 Å². The summed E-state index contributed by atoms with van der Waals surface area (Å²) in [5.41, 5.74) is 0. The van der Waals surface area contributed by atoms with Gasteiger partial charge in [0.05, 0.1) is 13.2 Å². The van der Waals surface area contributed by atoms with Crippen molar-refractivity contribution >= 4 is 0 Å². The fraction of sp³-hybridized carbons (Fsp3) is 0.875. The maximum Gasteiger partial charge on any atom is 0.0590 e. The number of rotatable bonds is 30. The van der Waals surface area contributed by atoms with Crippen LogP contribution in [0.5, 0.6) is 0 Å². The summed E-state index contributed by atoms with van der Waals surface area (Å²) >= 11 is 0. The molecule has 0 aromatic carbocycles. The SMILES string of the molecule is CCCCC=CCCCCCCCCOCCNCCOCCCCCCCCC=CCCCC. The van der Waals surface area contributed by atoms with Crippen LogP contribution in [0.4, 0.5) is 0 Å². The zero-order valence-electron chi connectivity index (χ0n) is 24.0. The minimum absolute atomic E-state index is 0.818. The van der Waals surface area contributed by atoms with Gasteiger partial charge in [-0.3, -0.25) is 0 Å². The summed E-state index contributed by atoms with van der Waals surface area (Å²) in [5.74, 6) is 0. The topological polar surface area (TPSA) is 30.5 Å². The molecule has 0 spiro atoms. The van der Waals surface area contributed by atoms with E-state index in [2.05, 4.69) is 43.5 Å². The van der Waals surface area contributed by atoms with Gasteiger partial charge in [-0.2, -0.15) is 0 Å². The third kappa shape index (κ3) is 33.4. The second-order valence-electron chi connectivity index (χ2n) is 10.0. The van der Waals surface area contributed by atoms with Crippen LogP contribution in [-0.4, -0.2) is 39.5 Å². The van der Waals surface area contributed by atoms with Gasteiger partial charge in [-0.1, -0.05) is 115 Å². The van der Waals surface area contributed by atoms with E-state index < -0.39 is 0 Å². The van der Waals surface area contributed by atoms with Crippen LogP contribution < -0.4 is 5.32 Å². The molecule has 0 fully saturated rings. The summed E-state index contributed by atoms with van der Waals surface area (Å²) in [4.78, 5) is 0. The number of nitrogens with one attached hydrogen (secondary N) is 1. The summed E-state index contributed by atoms with van der Waals surface area (Å²) in [6.45, 7) is 9.84. The molecule has 0 aliphatic carbocycles. The van der Waals surface area contributed by atoms with Gasteiger partial charge in [0, 0.05) is 26.3 Å². The standard InChI is InChI=1S/C32H63NO2/c1-3-5-7-9-11-13-15-17-19-21-23-25-29-34-31-27-33-28-32-35-30-26-24-22-20-18-16-14-12-10-8-6-4-2/h9-12,33H,3-8,13-32H2,1-2H3. The van der Waals surface area contributed by atoms with E-state index in [1.807, 2.05) is 0 Å². The van der Waals surface area contributed by atoms with Crippen molar-refractivity contribution in [1.82, 2.24) is 5.32 Å². The van der Waals surface area contributed by atoms with Crippen molar-refractivity contribution < 1.29 is 9.47 Å². The monoisotopic (exact) mass is 493 g/mol. The fourth-order valence-corrected chi connectivity index (χ4v) is 4.08. The number of hydrogen-bond acceptors (Lipinski definition) is 3. The minimum Gasteiger partial charge on any atom is -0.380 e. The van der Waals surface area contributed by atoms with Gasteiger partial charge in [0.1, 0.15) is 0 Å². The van der Waals surface area contributed by atoms with Crippen LogP contribution in [0.1, 0.15) is 142 Å². The van der Waals surface area contributed by atoms with Gasteiger partial charge in [0.2, 0.25) is 0 Å².